The van der Waals surface area contributed by atoms with Crippen LogP contribution in [0.5, 0.6) is 0 Å². The Morgan fingerprint density at radius 3 is 2.68 bits per heavy atom. The normalized spacial score (nSPS) is 10.3. The van der Waals surface area contributed by atoms with Crippen LogP contribution in [0.3, 0.4) is 0 Å². The van der Waals surface area contributed by atoms with E-state index in [-0.39, 0.29) is 18.4 Å². The molecule has 0 unspecified atom stereocenters. The zero-order chi connectivity index (χ0) is 14.4. The molecule has 0 aliphatic heterocycles. The monoisotopic (exact) mass is 412 g/mol. The molecule has 0 aromatic carbocycles. The third kappa shape index (κ3) is 5.21. The lowest BCUT2D eigenvalue weighted by molar-refractivity contribution is -0.121. The summed E-state index contributed by atoms with van der Waals surface area (Å²) < 4.78 is 6.44. The molecule has 2 amide bonds. The van der Waals surface area contributed by atoms with E-state index in [4.69, 9.17) is 4.74 Å². The molecule has 8 heteroatoms. The van der Waals surface area contributed by atoms with E-state index in [9.17, 15) is 9.59 Å². The van der Waals surface area contributed by atoms with Crippen molar-refractivity contribution in [3.63, 3.8) is 0 Å². The Labute approximate surface area is 132 Å². The zero-order valence-corrected chi connectivity index (χ0v) is 14.5. The van der Waals surface area contributed by atoms with Gasteiger partial charge in [0.2, 0.25) is 5.91 Å². The van der Waals surface area contributed by atoms with Crippen molar-refractivity contribution in [1.82, 2.24) is 10.2 Å². The second-order valence-electron chi connectivity index (χ2n) is 3.74. The molecule has 0 fully saturated rings. The van der Waals surface area contributed by atoms with E-state index in [1.165, 1.54) is 16.2 Å². The minimum Gasteiger partial charge on any atom is -0.383 e. The standard InChI is InChI=1S/C11H14Br2N2O3S/c1-15(6-9(16)14-3-4-18-2)11(17)7-5-8(12)19-10(7)13/h5H,3-4,6H2,1-2H3,(H,14,16). The van der Waals surface area contributed by atoms with Crippen LogP contribution in [0.4, 0.5) is 0 Å². The first-order chi connectivity index (χ1) is 8.95. The summed E-state index contributed by atoms with van der Waals surface area (Å²) in [6, 6.07) is 1.73. The Morgan fingerprint density at radius 2 is 2.16 bits per heavy atom. The number of ether oxygens (including phenoxy) is 1. The molecule has 0 saturated carbocycles. The van der Waals surface area contributed by atoms with Crippen molar-refractivity contribution in [2.24, 2.45) is 0 Å². The fourth-order valence-electron chi connectivity index (χ4n) is 1.33. The van der Waals surface area contributed by atoms with Crippen molar-refractivity contribution in [3.05, 3.63) is 19.2 Å². The number of carbonyl (C=O) groups excluding carboxylic acids is 2. The Kier molecular flexibility index (Phi) is 6.98. The topological polar surface area (TPSA) is 58.6 Å². The second-order valence-corrected chi connectivity index (χ2v) is 7.49. The van der Waals surface area contributed by atoms with Gasteiger partial charge in [0.1, 0.15) is 0 Å². The summed E-state index contributed by atoms with van der Waals surface area (Å²) in [5.41, 5.74) is 0.545. The van der Waals surface area contributed by atoms with Gasteiger partial charge in [-0.3, -0.25) is 9.59 Å². The van der Waals surface area contributed by atoms with Gasteiger partial charge in [-0.1, -0.05) is 0 Å². The average molecular weight is 414 g/mol. The summed E-state index contributed by atoms with van der Waals surface area (Å²) in [6.07, 6.45) is 0. The van der Waals surface area contributed by atoms with Gasteiger partial charge in [-0.05, 0) is 37.9 Å². The van der Waals surface area contributed by atoms with Crippen LogP contribution in [0, 0.1) is 0 Å². The molecule has 0 radical (unpaired) electrons. The maximum absolute atomic E-state index is 12.1. The van der Waals surface area contributed by atoms with Crippen LogP contribution in [-0.2, 0) is 9.53 Å². The maximum Gasteiger partial charge on any atom is 0.256 e. The molecule has 0 aliphatic carbocycles. The summed E-state index contributed by atoms with van der Waals surface area (Å²) >= 11 is 8.06. The molecule has 0 atom stereocenters. The number of thiophene rings is 1. The van der Waals surface area contributed by atoms with Crippen LogP contribution < -0.4 is 5.32 Å². The Bertz CT molecular complexity index is 465. The van der Waals surface area contributed by atoms with Gasteiger partial charge in [0.15, 0.2) is 0 Å². The molecule has 106 valence electrons. The number of hydrogen-bond acceptors (Lipinski definition) is 4. The van der Waals surface area contributed by atoms with Crippen molar-refractivity contribution in [2.45, 2.75) is 0 Å². The Hall–Kier alpha value is -0.440. The zero-order valence-electron chi connectivity index (χ0n) is 10.5. The number of hydrogen-bond donors (Lipinski definition) is 1. The first kappa shape index (κ1) is 16.6. The van der Waals surface area contributed by atoms with Crippen molar-refractivity contribution in [3.8, 4) is 0 Å². The van der Waals surface area contributed by atoms with Crippen LogP contribution >= 0.6 is 43.2 Å². The van der Waals surface area contributed by atoms with Gasteiger partial charge in [0, 0.05) is 20.7 Å². The summed E-state index contributed by atoms with van der Waals surface area (Å²) in [5, 5.41) is 2.66. The predicted molar refractivity (Wildman–Crippen MR) is 81.6 cm³/mol. The van der Waals surface area contributed by atoms with E-state index in [0.717, 1.165) is 7.57 Å². The highest BCUT2D eigenvalue weighted by atomic mass is 79.9. The number of rotatable bonds is 6. The highest BCUT2D eigenvalue weighted by Crippen LogP contribution is 2.32. The van der Waals surface area contributed by atoms with Gasteiger partial charge in [0.25, 0.3) is 5.91 Å². The van der Waals surface area contributed by atoms with Crippen molar-refractivity contribution in [1.29, 1.82) is 0 Å². The molecule has 1 heterocycles. The second kappa shape index (κ2) is 7.98. The van der Waals surface area contributed by atoms with Crippen LogP contribution in [0.1, 0.15) is 10.4 Å². The first-order valence-corrected chi connectivity index (χ1v) is 7.82. The molecule has 1 N–H and O–H groups in total. The van der Waals surface area contributed by atoms with E-state index in [1.807, 2.05) is 0 Å². The van der Waals surface area contributed by atoms with Crippen molar-refractivity contribution >= 4 is 55.0 Å². The summed E-state index contributed by atoms with van der Waals surface area (Å²) in [5.74, 6) is -0.408. The minimum atomic E-state index is -0.210. The highest BCUT2D eigenvalue weighted by molar-refractivity contribution is 9.12. The average Bonchev–Trinajstić information content (AvgIpc) is 2.67. The smallest absolute Gasteiger partial charge is 0.256 e. The molecule has 0 saturated heterocycles. The molecular weight excluding hydrogens is 400 g/mol. The first-order valence-electron chi connectivity index (χ1n) is 5.41. The quantitative estimate of drug-likeness (QED) is 0.726. The highest BCUT2D eigenvalue weighted by Gasteiger charge is 2.19. The number of carbonyl (C=O) groups is 2. The summed E-state index contributed by atoms with van der Waals surface area (Å²) in [4.78, 5) is 25.1. The molecule has 0 bridgehead atoms. The van der Waals surface area contributed by atoms with Crippen molar-refractivity contribution in [2.75, 3.05) is 33.9 Å². The van der Waals surface area contributed by atoms with E-state index >= 15 is 0 Å². The molecule has 0 aliphatic rings. The third-order valence-corrected chi connectivity index (χ3v) is 4.58. The Balaban J connectivity index is 2.53. The van der Waals surface area contributed by atoms with Crippen LogP contribution in [0.25, 0.3) is 0 Å². The van der Waals surface area contributed by atoms with Gasteiger partial charge >= 0.3 is 0 Å². The lowest BCUT2D eigenvalue weighted by Crippen LogP contribution is -2.39. The third-order valence-electron chi connectivity index (χ3n) is 2.24. The number of amides is 2. The van der Waals surface area contributed by atoms with E-state index in [2.05, 4.69) is 37.2 Å². The lowest BCUT2D eigenvalue weighted by atomic mass is 10.3. The molecule has 5 nitrogen and oxygen atoms in total. The molecule has 1 rings (SSSR count). The predicted octanol–water partition coefficient (Wildman–Crippen LogP) is 2.11. The molecule has 1 aromatic rings. The SMILES string of the molecule is COCCNC(=O)CN(C)C(=O)c1cc(Br)sc1Br. The Morgan fingerprint density at radius 1 is 1.47 bits per heavy atom. The van der Waals surface area contributed by atoms with E-state index in [1.54, 1.807) is 20.2 Å². The van der Waals surface area contributed by atoms with Crippen molar-refractivity contribution < 1.29 is 14.3 Å². The number of halogens is 2. The molecule has 1 aromatic heterocycles. The van der Waals surface area contributed by atoms with Crippen LogP contribution in [-0.4, -0.2) is 50.6 Å². The number of likely N-dealkylation sites (N-methyl/N-ethyl adjacent to an activating group) is 1. The number of nitrogens with one attached hydrogen (secondary N) is 1. The van der Waals surface area contributed by atoms with Crippen LogP contribution in [0.2, 0.25) is 0 Å². The van der Waals surface area contributed by atoms with E-state index < -0.39 is 0 Å². The summed E-state index contributed by atoms with van der Waals surface area (Å²) in [6.45, 7) is 0.903. The molecule has 19 heavy (non-hydrogen) atoms. The molecular formula is C11H14Br2N2O3S. The van der Waals surface area contributed by atoms with Gasteiger partial charge in [-0.15, -0.1) is 11.3 Å². The fraction of sp³-hybridized carbons (Fsp3) is 0.455. The maximum atomic E-state index is 12.1. The summed E-state index contributed by atoms with van der Waals surface area (Å²) in [7, 11) is 3.16. The van der Waals surface area contributed by atoms with Gasteiger partial charge in [-0.25, -0.2) is 0 Å². The van der Waals surface area contributed by atoms with Crippen LogP contribution in [0.15, 0.2) is 13.6 Å². The largest absolute Gasteiger partial charge is 0.383 e. The van der Waals surface area contributed by atoms with Gasteiger partial charge in [-0.2, -0.15) is 0 Å². The van der Waals surface area contributed by atoms with Gasteiger partial charge in [0.05, 0.1) is 26.3 Å². The minimum absolute atomic E-state index is 0.0163. The van der Waals surface area contributed by atoms with E-state index in [0.29, 0.717) is 18.7 Å². The van der Waals surface area contributed by atoms with Gasteiger partial charge < -0.3 is 15.0 Å². The number of nitrogens with zero attached hydrogens (tertiary/aromatic N) is 1. The molecule has 0 spiro atoms. The number of methoxy groups -OCH3 is 1. The fourth-order valence-corrected chi connectivity index (χ4v) is 4.10. The lowest BCUT2D eigenvalue weighted by Gasteiger charge is -2.16.